The molecule has 1 heterocycles. The average Bonchev–Trinajstić information content (AvgIpc) is 2.73. The summed E-state index contributed by atoms with van der Waals surface area (Å²) in [4.78, 5) is 32.6. The number of carbonyl (C=O) groups is 2. The molecule has 0 saturated carbocycles. The highest BCUT2D eigenvalue weighted by Gasteiger charge is 2.21. The molecule has 0 fully saturated rings. The minimum atomic E-state index is -0.148. The van der Waals surface area contributed by atoms with Crippen molar-refractivity contribution >= 4 is 17.5 Å². The van der Waals surface area contributed by atoms with E-state index in [0.717, 1.165) is 16.8 Å². The number of pyridine rings is 1. The maximum absolute atomic E-state index is 13.2. The first-order valence-electron chi connectivity index (χ1n) is 9.17. The second-order valence-corrected chi connectivity index (χ2v) is 6.54. The van der Waals surface area contributed by atoms with Gasteiger partial charge in [-0.1, -0.05) is 54.6 Å². The van der Waals surface area contributed by atoms with E-state index in [9.17, 15) is 9.59 Å². The highest BCUT2D eigenvalue weighted by molar-refractivity contribution is 5.96. The second-order valence-electron chi connectivity index (χ2n) is 6.54. The molecule has 2 aromatic carbocycles. The van der Waals surface area contributed by atoms with Crippen LogP contribution in [0.15, 0.2) is 85.2 Å². The zero-order chi connectivity index (χ0) is 19.8. The van der Waals surface area contributed by atoms with Gasteiger partial charge >= 0.3 is 0 Å². The van der Waals surface area contributed by atoms with Gasteiger partial charge in [-0.25, -0.2) is 0 Å². The Morgan fingerprint density at radius 1 is 0.821 bits per heavy atom. The standard InChI is InChI=1S/C23H23N3O2/c1-19(27)25(16-21-11-8-14-24-15-21)18-23(28)26(22-12-6-3-7-13-22)17-20-9-4-2-5-10-20/h2-15H,16-18H2,1H3. The molecule has 0 atom stereocenters. The van der Waals surface area contributed by atoms with E-state index in [4.69, 9.17) is 0 Å². The Kier molecular flexibility index (Phi) is 6.52. The third-order valence-electron chi connectivity index (χ3n) is 4.42. The summed E-state index contributed by atoms with van der Waals surface area (Å²) in [5, 5.41) is 0. The van der Waals surface area contributed by atoms with Gasteiger partial charge in [-0.2, -0.15) is 0 Å². The summed E-state index contributed by atoms with van der Waals surface area (Å²) in [6.45, 7) is 2.28. The van der Waals surface area contributed by atoms with Crippen LogP contribution in [-0.4, -0.2) is 28.2 Å². The van der Waals surface area contributed by atoms with Gasteiger partial charge in [0.25, 0.3) is 0 Å². The molecule has 5 heteroatoms. The van der Waals surface area contributed by atoms with Crippen LogP contribution in [0.4, 0.5) is 5.69 Å². The highest BCUT2D eigenvalue weighted by atomic mass is 16.2. The SMILES string of the molecule is CC(=O)N(CC(=O)N(Cc1ccccc1)c1ccccc1)Cc1cccnc1. The predicted octanol–water partition coefficient (Wildman–Crippen LogP) is 3.66. The zero-order valence-corrected chi connectivity index (χ0v) is 15.9. The first-order valence-corrected chi connectivity index (χ1v) is 9.17. The molecule has 3 aromatic rings. The van der Waals surface area contributed by atoms with Crippen LogP contribution in [0.5, 0.6) is 0 Å². The van der Waals surface area contributed by atoms with Crippen LogP contribution in [0, 0.1) is 0 Å². The molecular formula is C23H23N3O2. The van der Waals surface area contributed by atoms with Gasteiger partial charge in [0.15, 0.2) is 0 Å². The van der Waals surface area contributed by atoms with Gasteiger partial charge in [0, 0.05) is 31.5 Å². The first-order chi connectivity index (χ1) is 13.6. The van der Waals surface area contributed by atoms with Gasteiger partial charge in [0.05, 0.1) is 6.54 Å². The maximum atomic E-state index is 13.2. The minimum absolute atomic E-state index is 0.00591. The number of carbonyl (C=O) groups excluding carboxylic acids is 2. The molecule has 0 N–H and O–H groups in total. The quantitative estimate of drug-likeness (QED) is 0.635. The van der Waals surface area contributed by atoms with Crippen LogP contribution in [0.1, 0.15) is 18.1 Å². The Bertz CT molecular complexity index is 899. The molecule has 0 aliphatic heterocycles. The molecule has 3 rings (SSSR count). The van der Waals surface area contributed by atoms with Crippen molar-refractivity contribution in [1.29, 1.82) is 0 Å². The van der Waals surface area contributed by atoms with Gasteiger partial charge in [0.1, 0.15) is 6.54 Å². The average molecular weight is 373 g/mol. The number of nitrogens with zero attached hydrogens (tertiary/aromatic N) is 3. The van der Waals surface area contributed by atoms with Crippen LogP contribution >= 0.6 is 0 Å². The van der Waals surface area contributed by atoms with E-state index in [1.807, 2.05) is 72.8 Å². The van der Waals surface area contributed by atoms with E-state index in [0.29, 0.717) is 13.1 Å². The predicted molar refractivity (Wildman–Crippen MR) is 109 cm³/mol. The molecule has 0 aliphatic rings. The van der Waals surface area contributed by atoms with Gasteiger partial charge in [0.2, 0.25) is 11.8 Å². The normalized spacial score (nSPS) is 10.3. The van der Waals surface area contributed by atoms with Crippen molar-refractivity contribution in [2.75, 3.05) is 11.4 Å². The number of benzene rings is 2. The number of anilines is 1. The molecule has 0 saturated heterocycles. The van der Waals surface area contributed by atoms with Crippen LogP contribution in [0.25, 0.3) is 0 Å². The van der Waals surface area contributed by atoms with Crippen molar-refractivity contribution < 1.29 is 9.59 Å². The fourth-order valence-corrected chi connectivity index (χ4v) is 2.94. The second kappa shape index (κ2) is 9.46. The largest absolute Gasteiger partial charge is 0.329 e. The summed E-state index contributed by atoms with van der Waals surface area (Å²) in [6.07, 6.45) is 3.39. The molecule has 142 valence electrons. The summed E-state index contributed by atoms with van der Waals surface area (Å²) >= 11 is 0. The number of hydrogen-bond acceptors (Lipinski definition) is 3. The van der Waals surface area contributed by atoms with E-state index in [1.165, 1.54) is 6.92 Å². The highest BCUT2D eigenvalue weighted by Crippen LogP contribution is 2.18. The topological polar surface area (TPSA) is 53.5 Å². The Balaban J connectivity index is 1.80. The van der Waals surface area contributed by atoms with Gasteiger partial charge in [-0.05, 0) is 29.3 Å². The maximum Gasteiger partial charge on any atom is 0.246 e. The van der Waals surface area contributed by atoms with Crippen molar-refractivity contribution in [3.63, 3.8) is 0 Å². The number of amides is 2. The molecular weight excluding hydrogens is 350 g/mol. The number of hydrogen-bond donors (Lipinski definition) is 0. The first kappa shape index (κ1) is 19.3. The molecule has 0 unspecified atom stereocenters. The van der Waals surface area contributed by atoms with Crippen molar-refractivity contribution in [3.8, 4) is 0 Å². The van der Waals surface area contributed by atoms with Crippen LogP contribution in [0.3, 0.4) is 0 Å². The number of aromatic nitrogens is 1. The third-order valence-corrected chi connectivity index (χ3v) is 4.42. The molecule has 0 aliphatic carbocycles. The zero-order valence-electron chi connectivity index (χ0n) is 15.9. The summed E-state index contributed by atoms with van der Waals surface area (Å²) in [7, 11) is 0. The molecule has 2 amide bonds. The molecule has 1 aromatic heterocycles. The Morgan fingerprint density at radius 2 is 1.46 bits per heavy atom. The van der Waals surface area contributed by atoms with Gasteiger partial charge in [-0.3, -0.25) is 14.6 Å². The van der Waals surface area contributed by atoms with E-state index >= 15 is 0 Å². The summed E-state index contributed by atoms with van der Waals surface area (Å²) in [5.74, 6) is -0.279. The van der Waals surface area contributed by atoms with Crippen LogP contribution < -0.4 is 4.90 Å². The lowest BCUT2D eigenvalue weighted by molar-refractivity contribution is -0.134. The molecule has 0 bridgehead atoms. The van der Waals surface area contributed by atoms with Gasteiger partial charge in [-0.15, -0.1) is 0 Å². The third kappa shape index (κ3) is 5.27. The lowest BCUT2D eigenvalue weighted by atomic mass is 10.2. The number of para-hydroxylation sites is 1. The Morgan fingerprint density at radius 3 is 2.07 bits per heavy atom. The summed E-state index contributed by atoms with van der Waals surface area (Å²) in [5.41, 5.74) is 2.72. The smallest absolute Gasteiger partial charge is 0.246 e. The van der Waals surface area contributed by atoms with Crippen LogP contribution in [0.2, 0.25) is 0 Å². The fraction of sp³-hybridized carbons (Fsp3) is 0.174. The van der Waals surface area contributed by atoms with Crippen molar-refractivity contribution in [3.05, 3.63) is 96.3 Å². The summed E-state index contributed by atoms with van der Waals surface area (Å²) < 4.78 is 0. The summed E-state index contributed by atoms with van der Waals surface area (Å²) in [6, 6.07) is 23.1. The lowest BCUT2D eigenvalue weighted by Crippen LogP contribution is -2.41. The molecule has 0 spiro atoms. The van der Waals surface area contributed by atoms with E-state index in [2.05, 4.69) is 4.98 Å². The van der Waals surface area contributed by atoms with E-state index in [1.54, 1.807) is 22.2 Å². The van der Waals surface area contributed by atoms with E-state index < -0.39 is 0 Å². The molecule has 5 nitrogen and oxygen atoms in total. The van der Waals surface area contributed by atoms with Crippen molar-refractivity contribution in [1.82, 2.24) is 9.88 Å². The molecule has 0 radical (unpaired) electrons. The van der Waals surface area contributed by atoms with Gasteiger partial charge < -0.3 is 9.80 Å². The number of rotatable bonds is 7. The van der Waals surface area contributed by atoms with Crippen molar-refractivity contribution in [2.45, 2.75) is 20.0 Å². The molecule has 28 heavy (non-hydrogen) atoms. The Hall–Kier alpha value is -3.47. The fourth-order valence-electron chi connectivity index (χ4n) is 2.94. The van der Waals surface area contributed by atoms with Crippen molar-refractivity contribution in [2.24, 2.45) is 0 Å². The lowest BCUT2D eigenvalue weighted by Gasteiger charge is -2.27. The monoisotopic (exact) mass is 373 g/mol. The Labute approximate surface area is 165 Å². The van der Waals surface area contributed by atoms with E-state index in [-0.39, 0.29) is 18.4 Å². The minimum Gasteiger partial charge on any atom is -0.329 e. The van der Waals surface area contributed by atoms with Crippen LogP contribution in [-0.2, 0) is 22.7 Å².